The molecule has 2 aromatic heterocycles. The first-order valence-corrected chi connectivity index (χ1v) is 9.33. The first-order valence-electron chi connectivity index (χ1n) is 8.45. The summed E-state index contributed by atoms with van der Waals surface area (Å²) in [7, 11) is 0. The molecule has 0 spiro atoms. The molecule has 1 amide bonds. The number of Topliss-reactive ketones (excluding diaryl/α,β-unsaturated/α-hetero) is 1. The molecule has 0 radical (unpaired) electrons. The van der Waals surface area contributed by atoms with E-state index in [0.717, 1.165) is 23.7 Å². The van der Waals surface area contributed by atoms with Crippen LogP contribution in [0.4, 0.5) is 0 Å². The van der Waals surface area contributed by atoms with Crippen molar-refractivity contribution in [1.29, 1.82) is 0 Å². The van der Waals surface area contributed by atoms with Gasteiger partial charge in [-0.1, -0.05) is 6.07 Å². The molecule has 1 aliphatic rings. The van der Waals surface area contributed by atoms with Crippen molar-refractivity contribution in [2.75, 3.05) is 19.6 Å². The Morgan fingerprint density at radius 1 is 1.21 bits per heavy atom. The van der Waals surface area contributed by atoms with Crippen molar-refractivity contribution in [3.8, 4) is 0 Å². The van der Waals surface area contributed by atoms with E-state index in [0.29, 0.717) is 6.54 Å². The van der Waals surface area contributed by atoms with Crippen molar-refractivity contribution in [2.45, 2.75) is 31.7 Å². The van der Waals surface area contributed by atoms with E-state index in [4.69, 9.17) is 4.42 Å². The SMILES string of the molecule is O=C(CCC(=O)c1cccs1)NC[C@@H](c1ccco1)[NH+]1CCCC1. The van der Waals surface area contributed by atoms with Crippen molar-refractivity contribution >= 4 is 23.0 Å². The molecule has 0 saturated carbocycles. The highest BCUT2D eigenvalue weighted by atomic mass is 32.1. The summed E-state index contributed by atoms with van der Waals surface area (Å²) in [6.07, 6.45) is 4.61. The second-order valence-electron chi connectivity index (χ2n) is 6.14. The van der Waals surface area contributed by atoms with Gasteiger partial charge in [0.2, 0.25) is 5.91 Å². The maximum absolute atomic E-state index is 12.1. The third kappa shape index (κ3) is 4.33. The van der Waals surface area contributed by atoms with Gasteiger partial charge in [0.1, 0.15) is 0 Å². The van der Waals surface area contributed by atoms with Gasteiger partial charge in [-0.3, -0.25) is 9.59 Å². The number of thiophene rings is 1. The fourth-order valence-corrected chi connectivity index (χ4v) is 3.90. The van der Waals surface area contributed by atoms with E-state index in [9.17, 15) is 9.59 Å². The number of carbonyl (C=O) groups is 2. The van der Waals surface area contributed by atoms with Crippen LogP contribution in [0, 0.1) is 0 Å². The van der Waals surface area contributed by atoms with Crippen LogP contribution in [-0.4, -0.2) is 31.3 Å². The molecule has 2 N–H and O–H groups in total. The van der Waals surface area contributed by atoms with E-state index in [1.807, 2.05) is 23.6 Å². The smallest absolute Gasteiger partial charge is 0.220 e. The molecule has 2 aromatic rings. The molecule has 1 saturated heterocycles. The number of hydrogen-bond acceptors (Lipinski definition) is 4. The first-order chi connectivity index (χ1) is 11.7. The average molecular weight is 347 g/mol. The third-order valence-electron chi connectivity index (χ3n) is 4.50. The standard InChI is InChI=1S/C18H22N2O3S/c21-15(17-6-4-12-24-17)7-8-18(22)19-13-14(16-5-3-11-23-16)20-9-1-2-10-20/h3-6,11-12,14H,1-2,7-10,13H2,(H,19,22)/p+1/t14-/m0/s1. The van der Waals surface area contributed by atoms with Crippen molar-refractivity contribution in [3.63, 3.8) is 0 Å². The summed E-state index contributed by atoms with van der Waals surface area (Å²) in [6, 6.07) is 7.67. The number of likely N-dealkylation sites (tertiary alicyclic amines) is 1. The Bertz CT molecular complexity index is 646. The second kappa shape index (κ2) is 8.26. The molecule has 1 aliphatic heterocycles. The Kier molecular flexibility index (Phi) is 5.82. The van der Waals surface area contributed by atoms with E-state index >= 15 is 0 Å². The molecular formula is C18H23N2O3S+. The van der Waals surface area contributed by atoms with Crippen LogP contribution in [0.1, 0.15) is 47.2 Å². The molecule has 3 heterocycles. The minimum atomic E-state index is -0.0740. The van der Waals surface area contributed by atoms with Gasteiger partial charge in [0.15, 0.2) is 17.6 Å². The van der Waals surface area contributed by atoms with Crippen molar-refractivity contribution < 1.29 is 18.9 Å². The highest BCUT2D eigenvalue weighted by Crippen LogP contribution is 2.13. The molecule has 3 rings (SSSR count). The lowest BCUT2D eigenvalue weighted by Gasteiger charge is -2.23. The van der Waals surface area contributed by atoms with Gasteiger partial charge in [0, 0.05) is 25.7 Å². The molecule has 0 bridgehead atoms. The average Bonchev–Trinajstić information content (AvgIpc) is 3.35. The van der Waals surface area contributed by atoms with E-state index < -0.39 is 0 Å². The number of amides is 1. The minimum Gasteiger partial charge on any atom is -0.463 e. The molecule has 6 heteroatoms. The summed E-state index contributed by atoms with van der Waals surface area (Å²) in [4.78, 5) is 26.2. The fourth-order valence-electron chi connectivity index (χ4n) is 3.21. The van der Waals surface area contributed by atoms with Gasteiger partial charge in [-0.05, 0) is 23.6 Å². The fraction of sp³-hybridized carbons (Fsp3) is 0.444. The summed E-state index contributed by atoms with van der Waals surface area (Å²) in [5, 5.41) is 4.86. The van der Waals surface area contributed by atoms with E-state index in [2.05, 4.69) is 5.32 Å². The molecule has 128 valence electrons. The number of furan rings is 1. The molecular weight excluding hydrogens is 324 g/mol. The zero-order valence-corrected chi connectivity index (χ0v) is 14.4. The van der Waals surface area contributed by atoms with Gasteiger partial charge in [-0.2, -0.15) is 0 Å². The van der Waals surface area contributed by atoms with Crippen molar-refractivity contribution in [3.05, 3.63) is 46.5 Å². The van der Waals surface area contributed by atoms with E-state index in [1.54, 1.807) is 12.3 Å². The first kappa shape index (κ1) is 16.9. The van der Waals surface area contributed by atoms with Crippen LogP contribution in [-0.2, 0) is 4.79 Å². The monoisotopic (exact) mass is 347 g/mol. The van der Waals surface area contributed by atoms with Crippen LogP contribution < -0.4 is 10.2 Å². The predicted octanol–water partition coefficient (Wildman–Crippen LogP) is 1.84. The molecule has 1 atom stereocenters. The Labute approximate surface area is 145 Å². The van der Waals surface area contributed by atoms with Gasteiger partial charge in [0.25, 0.3) is 0 Å². The Morgan fingerprint density at radius 2 is 2.04 bits per heavy atom. The number of ketones is 1. The molecule has 0 aliphatic carbocycles. The van der Waals surface area contributed by atoms with E-state index in [-0.39, 0.29) is 30.6 Å². The minimum absolute atomic E-state index is 0.0351. The number of carbonyl (C=O) groups excluding carboxylic acids is 2. The highest BCUT2D eigenvalue weighted by Gasteiger charge is 2.29. The summed E-state index contributed by atoms with van der Waals surface area (Å²) in [6.45, 7) is 2.77. The zero-order valence-electron chi connectivity index (χ0n) is 13.6. The number of quaternary nitrogens is 1. The van der Waals surface area contributed by atoms with Crippen LogP contribution in [0.2, 0.25) is 0 Å². The summed E-state index contributed by atoms with van der Waals surface area (Å²) in [5.41, 5.74) is 0. The van der Waals surface area contributed by atoms with Crippen molar-refractivity contribution in [2.24, 2.45) is 0 Å². The van der Waals surface area contributed by atoms with Crippen LogP contribution in [0.25, 0.3) is 0 Å². The largest absolute Gasteiger partial charge is 0.463 e. The third-order valence-corrected chi connectivity index (χ3v) is 5.41. The molecule has 5 nitrogen and oxygen atoms in total. The van der Waals surface area contributed by atoms with Crippen LogP contribution >= 0.6 is 11.3 Å². The van der Waals surface area contributed by atoms with Gasteiger partial charge >= 0.3 is 0 Å². The summed E-state index contributed by atoms with van der Waals surface area (Å²) < 4.78 is 5.56. The van der Waals surface area contributed by atoms with Crippen molar-refractivity contribution in [1.82, 2.24) is 5.32 Å². The normalized spacial score (nSPS) is 16.2. The van der Waals surface area contributed by atoms with Gasteiger partial charge in [0.05, 0.1) is 30.8 Å². The quantitative estimate of drug-likeness (QED) is 0.716. The maximum Gasteiger partial charge on any atom is 0.220 e. The lowest BCUT2D eigenvalue weighted by atomic mass is 10.1. The summed E-state index contributed by atoms with van der Waals surface area (Å²) in [5.74, 6) is 0.879. The molecule has 0 aromatic carbocycles. The Morgan fingerprint density at radius 3 is 2.71 bits per heavy atom. The van der Waals surface area contributed by atoms with Crippen LogP contribution in [0.5, 0.6) is 0 Å². The maximum atomic E-state index is 12.1. The molecule has 1 fully saturated rings. The van der Waals surface area contributed by atoms with Crippen LogP contribution in [0.3, 0.4) is 0 Å². The number of rotatable bonds is 8. The van der Waals surface area contributed by atoms with Gasteiger partial charge < -0.3 is 14.6 Å². The zero-order chi connectivity index (χ0) is 16.8. The number of hydrogen-bond donors (Lipinski definition) is 2. The van der Waals surface area contributed by atoms with Gasteiger partial charge in [-0.15, -0.1) is 11.3 Å². The van der Waals surface area contributed by atoms with E-state index in [1.165, 1.54) is 29.1 Å². The lowest BCUT2D eigenvalue weighted by molar-refractivity contribution is -0.919. The predicted molar refractivity (Wildman–Crippen MR) is 92.3 cm³/mol. The Balaban J connectivity index is 1.49. The topological polar surface area (TPSA) is 63.8 Å². The number of nitrogens with one attached hydrogen (secondary N) is 2. The highest BCUT2D eigenvalue weighted by molar-refractivity contribution is 7.12. The molecule has 0 unspecified atom stereocenters. The Hall–Kier alpha value is -1.92. The molecule has 24 heavy (non-hydrogen) atoms. The second-order valence-corrected chi connectivity index (χ2v) is 7.09. The lowest BCUT2D eigenvalue weighted by Crippen LogP contribution is -3.11. The summed E-state index contributed by atoms with van der Waals surface area (Å²) >= 11 is 1.42. The van der Waals surface area contributed by atoms with Crippen LogP contribution in [0.15, 0.2) is 40.3 Å². The van der Waals surface area contributed by atoms with Gasteiger partial charge in [-0.25, -0.2) is 0 Å².